The lowest BCUT2D eigenvalue weighted by molar-refractivity contribution is 0.112. The Morgan fingerprint density at radius 3 is 2.17 bits per heavy atom. The average molecular weight is 184 g/mol. The van der Waals surface area contributed by atoms with Crippen LogP contribution in [0.1, 0.15) is 15.9 Å². The lowest BCUT2D eigenvalue weighted by atomic mass is 10.2. The molecule has 12 heavy (non-hydrogen) atoms. The van der Waals surface area contributed by atoms with E-state index in [-0.39, 0.29) is 5.75 Å². The van der Waals surface area contributed by atoms with Crippen LogP contribution in [0.25, 0.3) is 0 Å². The van der Waals surface area contributed by atoms with Gasteiger partial charge in [0.1, 0.15) is 17.0 Å². The molecule has 0 saturated heterocycles. The van der Waals surface area contributed by atoms with Crippen LogP contribution in [0.15, 0.2) is 24.3 Å². The van der Waals surface area contributed by atoms with Crippen molar-refractivity contribution in [2.45, 2.75) is 5.75 Å². The highest BCUT2D eigenvalue weighted by atomic mass is 32.2. The molecule has 0 radical (unpaired) electrons. The maximum Gasteiger partial charge on any atom is 0.150 e. The van der Waals surface area contributed by atoms with Crippen molar-refractivity contribution in [2.75, 3.05) is 0 Å². The van der Waals surface area contributed by atoms with Gasteiger partial charge in [0.15, 0.2) is 0 Å². The lowest BCUT2D eigenvalue weighted by Gasteiger charge is -1.93. The predicted octanol–water partition coefficient (Wildman–Crippen LogP) is 0.611. The van der Waals surface area contributed by atoms with E-state index in [1.807, 2.05) is 0 Å². The fourth-order valence-electron chi connectivity index (χ4n) is 0.851. The van der Waals surface area contributed by atoms with Crippen molar-refractivity contribution in [3.8, 4) is 0 Å². The molecule has 0 aliphatic rings. The van der Waals surface area contributed by atoms with Gasteiger partial charge in [-0.25, -0.2) is 8.42 Å². The molecule has 0 N–H and O–H groups in total. The number of rotatable bonds is 3. The van der Waals surface area contributed by atoms with E-state index in [1.54, 1.807) is 24.3 Å². The highest BCUT2D eigenvalue weighted by Crippen LogP contribution is 2.02. The van der Waals surface area contributed by atoms with Gasteiger partial charge in [-0.1, -0.05) is 24.3 Å². The molecule has 4 heteroatoms. The Hall–Kier alpha value is -1.16. The van der Waals surface area contributed by atoms with E-state index in [2.05, 4.69) is 0 Å². The molecule has 0 amide bonds. The Morgan fingerprint density at radius 1 is 1.17 bits per heavy atom. The SMILES string of the molecule is O=Cc1ccc(C[SH](=O)=O)cc1. The van der Waals surface area contributed by atoms with Crippen molar-refractivity contribution in [1.82, 2.24) is 0 Å². The van der Waals surface area contributed by atoms with Gasteiger partial charge in [-0.3, -0.25) is 4.79 Å². The van der Waals surface area contributed by atoms with Crippen LogP contribution >= 0.6 is 0 Å². The summed E-state index contributed by atoms with van der Waals surface area (Å²) in [7, 11) is -2.38. The Kier molecular flexibility index (Phi) is 2.99. The smallest absolute Gasteiger partial charge is 0.150 e. The summed E-state index contributed by atoms with van der Waals surface area (Å²) in [4.78, 5) is 10.2. The van der Waals surface area contributed by atoms with Crippen molar-refractivity contribution in [2.24, 2.45) is 0 Å². The van der Waals surface area contributed by atoms with Crippen molar-refractivity contribution < 1.29 is 13.2 Å². The van der Waals surface area contributed by atoms with Gasteiger partial charge in [0.25, 0.3) is 0 Å². The first-order valence-corrected chi connectivity index (χ1v) is 4.74. The van der Waals surface area contributed by atoms with Gasteiger partial charge in [0.05, 0.1) is 5.75 Å². The van der Waals surface area contributed by atoms with Gasteiger partial charge in [-0.2, -0.15) is 0 Å². The van der Waals surface area contributed by atoms with Crippen LogP contribution in [0.5, 0.6) is 0 Å². The third kappa shape index (κ3) is 2.47. The van der Waals surface area contributed by atoms with E-state index in [4.69, 9.17) is 0 Å². The van der Waals surface area contributed by atoms with E-state index in [0.717, 1.165) is 6.29 Å². The second-order valence-electron chi connectivity index (χ2n) is 2.35. The highest BCUT2D eigenvalue weighted by Gasteiger charge is 1.93. The van der Waals surface area contributed by atoms with Crippen molar-refractivity contribution in [3.63, 3.8) is 0 Å². The quantitative estimate of drug-likeness (QED) is 0.553. The first kappa shape index (κ1) is 8.93. The molecule has 1 aromatic carbocycles. The van der Waals surface area contributed by atoms with Crippen LogP contribution in [0, 0.1) is 0 Å². The van der Waals surface area contributed by atoms with Crippen LogP contribution in [0.3, 0.4) is 0 Å². The van der Waals surface area contributed by atoms with E-state index in [9.17, 15) is 13.2 Å². The molecule has 1 rings (SSSR count). The van der Waals surface area contributed by atoms with E-state index >= 15 is 0 Å². The molecule has 0 bridgehead atoms. The number of carbonyl (C=O) groups is 1. The number of hydrogen-bond acceptors (Lipinski definition) is 3. The predicted molar refractivity (Wildman–Crippen MR) is 45.8 cm³/mol. The topological polar surface area (TPSA) is 51.2 Å². The second-order valence-corrected chi connectivity index (χ2v) is 3.33. The molecule has 0 aliphatic heterocycles. The number of aldehydes is 1. The lowest BCUT2D eigenvalue weighted by Crippen LogP contribution is -1.87. The summed E-state index contributed by atoms with van der Waals surface area (Å²) in [5, 5.41) is 0. The molecule has 0 aromatic heterocycles. The zero-order chi connectivity index (χ0) is 8.97. The zero-order valence-corrected chi connectivity index (χ0v) is 7.16. The van der Waals surface area contributed by atoms with Gasteiger partial charge in [-0.15, -0.1) is 0 Å². The molecular formula is C8H8O3S. The van der Waals surface area contributed by atoms with E-state index < -0.39 is 10.7 Å². The summed E-state index contributed by atoms with van der Waals surface area (Å²) >= 11 is 0. The molecular weight excluding hydrogens is 176 g/mol. The molecule has 3 nitrogen and oxygen atoms in total. The third-order valence-electron chi connectivity index (χ3n) is 1.43. The summed E-state index contributed by atoms with van der Waals surface area (Å²) < 4.78 is 20.6. The zero-order valence-electron chi connectivity index (χ0n) is 6.27. The van der Waals surface area contributed by atoms with Crippen molar-refractivity contribution >= 4 is 17.0 Å². The molecule has 0 saturated carbocycles. The van der Waals surface area contributed by atoms with E-state index in [0.29, 0.717) is 11.1 Å². The number of hydrogen-bond donors (Lipinski definition) is 1. The second kappa shape index (κ2) is 4.01. The molecule has 0 heterocycles. The summed E-state index contributed by atoms with van der Waals surface area (Å²) in [5.41, 5.74) is 1.26. The molecule has 1 aromatic rings. The van der Waals surface area contributed by atoms with Crippen molar-refractivity contribution in [3.05, 3.63) is 35.4 Å². The van der Waals surface area contributed by atoms with Gasteiger partial charge in [0, 0.05) is 5.56 Å². The molecule has 0 aliphatic carbocycles. The highest BCUT2D eigenvalue weighted by molar-refractivity contribution is 7.71. The number of thiol groups is 1. The molecule has 0 unspecified atom stereocenters. The third-order valence-corrected chi connectivity index (χ3v) is 2.05. The van der Waals surface area contributed by atoms with Crippen LogP contribution in [0.4, 0.5) is 0 Å². The summed E-state index contributed by atoms with van der Waals surface area (Å²) in [6, 6.07) is 6.46. The standard InChI is InChI=1S/C8H8O3S/c9-5-7-1-3-8(4-2-7)6-12(10)11/h1-5,12H,6H2. The Labute approximate surface area is 72.0 Å². The fraction of sp³-hybridized carbons (Fsp3) is 0.125. The summed E-state index contributed by atoms with van der Waals surface area (Å²) in [6.45, 7) is 0. The van der Waals surface area contributed by atoms with Gasteiger partial charge in [0.2, 0.25) is 0 Å². The Bertz CT molecular complexity index is 330. The van der Waals surface area contributed by atoms with Crippen LogP contribution < -0.4 is 0 Å². The van der Waals surface area contributed by atoms with Crippen LogP contribution in [0.2, 0.25) is 0 Å². The Morgan fingerprint density at radius 2 is 1.75 bits per heavy atom. The molecule has 0 atom stereocenters. The minimum atomic E-state index is -2.38. The van der Waals surface area contributed by atoms with Gasteiger partial charge in [-0.05, 0) is 5.56 Å². The fourth-order valence-corrected chi connectivity index (χ4v) is 1.36. The van der Waals surface area contributed by atoms with Crippen LogP contribution in [-0.2, 0) is 16.5 Å². The average Bonchev–Trinajstić information content (AvgIpc) is 2.05. The maximum absolute atomic E-state index is 10.3. The minimum Gasteiger partial charge on any atom is -0.298 e. The van der Waals surface area contributed by atoms with E-state index in [1.165, 1.54) is 0 Å². The minimum absolute atomic E-state index is 0.0362. The first-order chi connectivity index (χ1) is 5.72. The number of carbonyl (C=O) groups excluding carboxylic acids is 1. The monoisotopic (exact) mass is 184 g/mol. The largest absolute Gasteiger partial charge is 0.298 e. The maximum atomic E-state index is 10.3. The first-order valence-electron chi connectivity index (χ1n) is 3.38. The molecule has 0 fully saturated rings. The number of benzene rings is 1. The summed E-state index contributed by atoms with van der Waals surface area (Å²) in [6.07, 6.45) is 0.723. The normalized spacial score (nSPS) is 10.1. The Balaban J connectivity index is 2.84. The molecule has 64 valence electrons. The van der Waals surface area contributed by atoms with Crippen molar-refractivity contribution in [1.29, 1.82) is 0 Å². The molecule has 0 spiro atoms. The van der Waals surface area contributed by atoms with Gasteiger partial charge < -0.3 is 0 Å². The van der Waals surface area contributed by atoms with Gasteiger partial charge >= 0.3 is 0 Å². The summed E-state index contributed by atoms with van der Waals surface area (Å²) in [5.74, 6) is 0.0362. The van der Waals surface area contributed by atoms with Crippen LogP contribution in [-0.4, -0.2) is 14.7 Å².